The summed E-state index contributed by atoms with van der Waals surface area (Å²) in [7, 11) is 0. The summed E-state index contributed by atoms with van der Waals surface area (Å²) in [5, 5.41) is 10.7. The molecule has 0 saturated carbocycles. The van der Waals surface area contributed by atoms with Gasteiger partial charge in [-0.2, -0.15) is 0 Å². The lowest BCUT2D eigenvalue weighted by atomic mass is 10.3. The molecule has 17 heavy (non-hydrogen) atoms. The zero-order valence-electron chi connectivity index (χ0n) is 9.00. The Hall–Kier alpha value is -1.60. The fraction of sp³-hybridized carbons (Fsp3) is 0.300. The molecule has 2 N–H and O–H groups in total. The molecular weight excluding hydrogens is 244 g/mol. The van der Waals surface area contributed by atoms with E-state index in [2.05, 4.69) is 0 Å². The quantitative estimate of drug-likeness (QED) is 0.474. The molecule has 1 aromatic carbocycles. The Kier molecular flexibility index (Phi) is 5.44. The van der Waals surface area contributed by atoms with Gasteiger partial charge in [-0.1, -0.05) is 12.1 Å². The number of nitrogens with zero attached hydrogens (tertiary/aromatic N) is 1. The predicted molar refractivity (Wildman–Crippen MR) is 63.3 cm³/mol. The standard InChI is InChI=1S/C10H12N2O4S/c11-7-3-6-10(13)16-17-9-5-2-1-4-8(9)12(14)15/h1-2,4-5H,3,6-7,11H2. The molecular formula is C10H12N2O4S. The zero-order valence-corrected chi connectivity index (χ0v) is 9.81. The van der Waals surface area contributed by atoms with Gasteiger partial charge in [-0.25, -0.2) is 0 Å². The predicted octanol–water partition coefficient (Wildman–Crippen LogP) is 1.88. The summed E-state index contributed by atoms with van der Waals surface area (Å²) < 4.78 is 4.84. The molecule has 0 fully saturated rings. The van der Waals surface area contributed by atoms with E-state index in [0.29, 0.717) is 29.9 Å². The summed E-state index contributed by atoms with van der Waals surface area (Å²) >= 11 is 0.702. The summed E-state index contributed by atoms with van der Waals surface area (Å²) in [6.07, 6.45) is 0.750. The Labute approximate surface area is 102 Å². The van der Waals surface area contributed by atoms with Crippen LogP contribution in [0.25, 0.3) is 0 Å². The molecule has 7 heteroatoms. The highest BCUT2D eigenvalue weighted by Crippen LogP contribution is 2.29. The number of nitrogens with two attached hydrogens (primary N) is 1. The molecule has 1 rings (SSSR count). The topological polar surface area (TPSA) is 95.5 Å². The fourth-order valence-electron chi connectivity index (χ4n) is 1.06. The Morgan fingerprint density at radius 3 is 2.82 bits per heavy atom. The van der Waals surface area contributed by atoms with Gasteiger partial charge in [0.25, 0.3) is 5.69 Å². The van der Waals surface area contributed by atoms with Gasteiger partial charge in [0.05, 0.1) is 4.92 Å². The average molecular weight is 256 g/mol. The van der Waals surface area contributed by atoms with E-state index >= 15 is 0 Å². The van der Waals surface area contributed by atoms with Crippen molar-refractivity contribution in [1.29, 1.82) is 0 Å². The number of rotatable bonds is 6. The van der Waals surface area contributed by atoms with Gasteiger partial charge in [0.1, 0.15) is 16.9 Å². The summed E-state index contributed by atoms with van der Waals surface area (Å²) in [6.45, 7) is 0.408. The van der Waals surface area contributed by atoms with Gasteiger partial charge in [0.15, 0.2) is 0 Å². The first-order valence-electron chi connectivity index (χ1n) is 4.96. The van der Waals surface area contributed by atoms with Crippen molar-refractivity contribution < 1.29 is 13.9 Å². The maximum atomic E-state index is 11.2. The van der Waals surface area contributed by atoms with Crippen molar-refractivity contribution >= 4 is 23.7 Å². The van der Waals surface area contributed by atoms with E-state index in [1.54, 1.807) is 12.1 Å². The number of nitro groups is 1. The van der Waals surface area contributed by atoms with Crippen LogP contribution in [0.15, 0.2) is 29.2 Å². The maximum Gasteiger partial charge on any atom is 0.318 e. The normalized spacial score (nSPS) is 9.94. The van der Waals surface area contributed by atoms with E-state index in [1.165, 1.54) is 12.1 Å². The highest BCUT2D eigenvalue weighted by atomic mass is 32.2. The summed E-state index contributed by atoms with van der Waals surface area (Å²) in [6, 6.07) is 6.08. The fourth-order valence-corrected chi connectivity index (χ4v) is 1.69. The van der Waals surface area contributed by atoms with Gasteiger partial charge in [0.2, 0.25) is 0 Å². The van der Waals surface area contributed by atoms with Crippen LogP contribution in [0.3, 0.4) is 0 Å². The van der Waals surface area contributed by atoms with E-state index in [1.807, 2.05) is 0 Å². The van der Waals surface area contributed by atoms with Crippen LogP contribution in [0, 0.1) is 10.1 Å². The molecule has 0 aliphatic rings. The molecule has 0 radical (unpaired) electrons. The molecule has 0 unspecified atom stereocenters. The SMILES string of the molecule is NCCCC(=O)OSc1ccccc1[N+](=O)[O-]. The number of carbonyl (C=O) groups excluding carboxylic acids is 1. The second-order valence-corrected chi connectivity index (χ2v) is 3.93. The van der Waals surface area contributed by atoms with Crippen LogP contribution in [-0.4, -0.2) is 17.4 Å². The minimum Gasteiger partial charge on any atom is -0.386 e. The number of hydrogen-bond acceptors (Lipinski definition) is 6. The monoisotopic (exact) mass is 256 g/mol. The van der Waals surface area contributed by atoms with Gasteiger partial charge in [-0.3, -0.25) is 14.9 Å². The van der Waals surface area contributed by atoms with E-state index in [9.17, 15) is 14.9 Å². The van der Waals surface area contributed by atoms with Crippen LogP contribution < -0.4 is 5.73 Å². The highest BCUT2D eigenvalue weighted by molar-refractivity contribution is 7.95. The summed E-state index contributed by atoms with van der Waals surface area (Å²) in [5.74, 6) is -0.432. The molecule has 1 aromatic rings. The molecule has 0 aromatic heterocycles. The van der Waals surface area contributed by atoms with E-state index < -0.39 is 10.9 Å². The number of para-hydroxylation sites is 1. The average Bonchev–Trinajstić information content (AvgIpc) is 2.34. The number of benzene rings is 1. The molecule has 0 aliphatic carbocycles. The van der Waals surface area contributed by atoms with Gasteiger partial charge in [-0.15, -0.1) is 0 Å². The van der Waals surface area contributed by atoms with Crippen molar-refractivity contribution in [3.63, 3.8) is 0 Å². The van der Waals surface area contributed by atoms with E-state index in [-0.39, 0.29) is 12.1 Å². The molecule has 0 saturated heterocycles. The summed E-state index contributed by atoms with van der Waals surface area (Å²) in [5.41, 5.74) is 5.16. The van der Waals surface area contributed by atoms with Crippen molar-refractivity contribution in [2.45, 2.75) is 17.7 Å². The third kappa shape index (κ3) is 4.41. The molecule has 0 aliphatic heterocycles. The van der Waals surface area contributed by atoms with Gasteiger partial charge in [-0.05, 0) is 19.0 Å². The zero-order chi connectivity index (χ0) is 12.7. The first-order valence-corrected chi connectivity index (χ1v) is 5.70. The minimum atomic E-state index is -0.518. The Morgan fingerprint density at radius 1 is 1.47 bits per heavy atom. The van der Waals surface area contributed by atoms with Crippen molar-refractivity contribution in [1.82, 2.24) is 0 Å². The number of hydrogen-bond donors (Lipinski definition) is 1. The van der Waals surface area contributed by atoms with E-state index in [4.69, 9.17) is 9.92 Å². The van der Waals surface area contributed by atoms with Crippen LogP contribution in [0.5, 0.6) is 0 Å². The van der Waals surface area contributed by atoms with Gasteiger partial charge < -0.3 is 9.92 Å². The second-order valence-electron chi connectivity index (χ2n) is 3.16. The molecule has 92 valence electrons. The van der Waals surface area contributed by atoms with Crippen LogP contribution in [0.1, 0.15) is 12.8 Å². The van der Waals surface area contributed by atoms with Crippen LogP contribution in [0.2, 0.25) is 0 Å². The lowest BCUT2D eigenvalue weighted by molar-refractivity contribution is -0.387. The highest BCUT2D eigenvalue weighted by Gasteiger charge is 2.15. The Morgan fingerprint density at radius 2 is 2.18 bits per heavy atom. The van der Waals surface area contributed by atoms with Gasteiger partial charge >= 0.3 is 5.97 Å². The van der Waals surface area contributed by atoms with Crippen LogP contribution in [0.4, 0.5) is 5.69 Å². The third-order valence-electron chi connectivity index (χ3n) is 1.87. The van der Waals surface area contributed by atoms with Crippen molar-refractivity contribution in [2.24, 2.45) is 5.73 Å². The maximum absolute atomic E-state index is 11.2. The third-order valence-corrected chi connectivity index (χ3v) is 2.67. The molecule has 0 spiro atoms. The first-order chi connectivity index (χ1) is 8.15. The molecule has 0 heterocycles. The first kappa shape index (κ1) is 13.5. The smallest absolute Gasteiger partial charge is 0.318 e. The molecule has 0 atom stereocenters. The summed E-state index contributed by atoms with van der Waals surface area (Å²) in [4.78, 5) is 21.6. The Bertz CT molecular complexity index is 411. The Balaban J connectivity index is 2.57. The van der Waals surface area contributed by atoms with Crippen LogP contribution >= 0.6 is 12.0 Å². The van der Waals surface area contributed by atoms with Crippen molar-refractivity contribution in [3.05, 3.63) is 34.4 Å². The lowest BCUT2D eigenvalue weighted by Crippen LogP contribution is -2.05. The van der Waals surface area contributed by atoms with Crippen molar-refractivity contribution in [3.8, 4) is 0 Å². The molecule has 0 bridgehead atoms. The molecule has 0 amide bonds. The van der Waals surface area contributed by atoms with Crippen LogP contribution in [-0.2, 0) is 8.98 Å². The second kappa shape index (κ2) is 6.87. The largest absolute Gasteiger partial charge is 0.386 e. The molecule has 6 nitrogen and oxygen atoms in total. The van der Waals surface area contributed by atoms with Crippen molar-refractivity contribution in [2.75, 3.05) is 6.54 Å². The lowest BCUT2D eigenvalue weighted by Gasteiger charge is -2.02. The van der Waals surface area contributed by atoms with Gasteiger partial charge in [0, 0.05) is 12.5 Å². The minimum absolute atomic E-state index is 0.0795. The number of carbonyl (C=O) groups is 1. The van der Waals surface area contributed by atoms with E-state index in [0.717, 1.165) is 0 Å². The number of nitro benzene ring substituents is 1.